The van der Waals surface area contributed by atoms with Gasteiger partial charge in [-0.2, -0.15) is 13.2 Å². The number of carbonyl (C=O) groups is 1. The van der Waals surface area contributed by atoms with Gasteiger partial charge in [-0.05, 0) is 36.8 Å². The zero-order valence-corrected chi connectivity index (χ0v) is 11.1. The Morgan fingerprint density at radius 2 is 1.95 bits per heavy atom. The van der Waals surface area contributed by atoms with Gasteiger partial charge in [-0.25, -0.2) is 0 Å². The molecule has 0 radical (unpaired) electrons. The Labute approximate surface area is 118 Å². The van der Waals surface area contributed by atoms with E-state index < -0.39 is 17.5 Å². The summed E-state index contributed by atoms with van der Waals surface area (Å²) in [5, 5.41) is 0.164. The molecule has 1 aromatic heterocycles. The van der Waals surface area contributed by atoms with Gasteiger partial charge in [0.25, 0.3) is 0 Å². The molecule has 0 amide bonds. The van der Waals surface area contributed by atoms with Crippen LogP contribution in [0.25, 0.3) is 0 Å². The molecule has 0 saturated carbocycles. The van der Waals surface area contributed by atoms with Crippen LogP contribution >= 0.6 is 11.6 Å². The van der Waals surface area contributed by atoms with Gasteiger partial charge < -0.3 is 0 Å². The summed E-state index contributed by atoms with van der Waals surface area (Å²) in [5.41, 5.74) is -0.388. The number of aromatic nitrogens is 1. The van der Waals surface area contributed by atoms with E-state index in [1.54, 1.807) is 6.07 Å². The van der Waals surface area contributed by atoms with E-state index in [4.69, 9.17) is 11.6 Å². The van der Waals surface area contributed by atoms with E-state index in [9.17, 15) is 18.0 Å². The molecule has 0 saturated heterocycles. The Morgan fingerprint density at radius 1 is 1.25 bits per heavy atom. The average Bonchev–Trinajstić information content (AvgIpc) is 2.37. The lowest BCUT2D eigenvalue weighted by atomic mass is 9.99. The molecule has 0 spiro atoms. The van der Waals surface area contributed by atoms with Gasteiger partial charge in [0.05, 0.1) is 10.6 Å². The van der Waals surface area contributed by atoms with Crippen molar-refractivity contribution in [1.29, 1.82) is 0 Å². The van der Waals surface area contributed by atoms with Crippen LogP contribution in [0.4, 0.5) is 13.2 Å². The summed E-state index contributed by atoms with van der Waals surface area (Å²) in [7, 11) is 0. The molecule has 0 atom stereocenters. The van der Waals surface area contributed by atoms with E-state index in [1.807, 2.05) is 0 Å². The number of hydrogen-bond donors (Lipinski definition) is 0. The SMILES string of the molecule is Cc1cc(C(F)(F)F)ccc1C(=O)c1ncccc1Cl. The summed E-state index contributed by atoms with van der Waals surface area (Å²) in [5.74, 6) is -0.498. The number of aryl methyl sites for hydroxylation is 1. The summed E-state index contributed by atoms with van der Waals surface area (Å²) >= 11 is 5.86. The monoisotopic (exact) mass is 299 g/mol. The molecule has 2 nitrogen and oxygen atoms in total. The first-order chi connectivity index (χ1) is 9.30. The number of nitrogens with zero attached hydrogens (tertiary/aromatic N) is 1. The van der Waals surface area contributed by atoms with Crippen molar-refractivity contribution in [2.24, 2.45) is 0 Å². The first-order valence-electron chi connectivity index (χ1n) is 5.64. The molecule has 6 heteroatoms. The van der Waals surface area contributed by atoms with E-state index >= 15 is 0 Å². The van der Waals surface area contributed by atoms with Crippen LogP contribution < -0.4 is 0 Å². The van der Waals surface area contributed by atoms with Crippen molar-refractivity contribution in [3.63, 3.8) is 0 Å². The quantitative estimate of drug-likeness (QED) is 0.774. The van der Waals surface area contributed by atoms with Gasteiger partial charge in [0, 0.05) is 11.8 Å². The number of carbonyl (C=O) groups excluding carboxylic acids is 1. The minimum Gasteiger partial charge on any atom is -0.287 e. The van der Waals surface area contributed by atoms with Crippen molar-refractivity contribution in [2.75, 3.05) is 0 Å². The molecule has 2 aromatic rings. The largest absolute Gasteiger partial charge is 0.416 e. The van der Waals surface area contributed by atoms with Crippen LogP contribution in [-0.2, 0) is 6.18 Å². The lowest BCUT2D eigenvalue weighted by Crippen LogP contribution is -2.10. The first kappa shape index (κ1) is 14.5. The Morgan fingerprint density at radius 3 is 2.50 bits per heavy atom. The van der Waals surface area contributed by atoms with E-state index in [0.717, 1.165) is 18.2 Å². The Balaban J connectivity index is 2.45. The highest BCUT2D eigenvalue weighted by atomic mass is 35.5. The number of rotatable bonds is 2. The minimum atomic E-state index is -4.44. The molecule has 0 aliphatic carbocycles. The van der Waals surface area contributed by atoms with Crippen LogP contribution in [0.1, 0.15) is 27.2 Å². The average molecular weight is 300 g/mol. The summed E-state index contributed by atoms with van der Waals surface area (Å²) < 4.78 is 37.7. The maximum absolute atomic E-state index is 12.6. The number of benzene rings is 1. The van der Waals surface area contributed by atoms with Crippen LogP contribution in [0.15, 0.2) is 36.5 Å². The number of halogens is 4. The third-order valence-electron chi connectivity index (χ3n) is 2.77. The lowest BCUT2D eigenvalue weighted by Gasteiger charge is -2.10. The molecule has 1 heterocycles. The van der Waals surface area contributed by atoms with Crippen molar-refractivity contribution < 1.29 is 18.0 Å². The summed E-state index contributed by atoms with van der Waals surface area (Å²) in [6.45, 7) is 1.44. The molecule has 2 rings (SSSR count). The zero-order chi connectivity index (χ0) is 14.9. The third kappa shape index (κ3) is 2.82. The maximum Gasteiger partial charge on any atom is 0.416 e. The van der Waals surface area contributed by atoms with Crippen LogP contribution in [0.5, 0.6) is 0 Å². The predicted molar refractivity (Wildman–Crippen MR) is 68.9 cm³/mol. The van der Waals surface area contributed by atoms with Crippen molar-refractivity contribution in [3.05, 3.63) is 63.9 Å². The zero-order valence-electron chi connectivity index (χ0n) is 10.3. The lowest BCUT2D eigenvalue weighted by molar-refractivity contribution is -0.137. The van der Waals surface area contributed by atoms with E-state index in [1.165, 1.54) is 19.2 Å². The van der Waals surface area contributed by atoms with Crippen molar-refractivity contribution in [1.82, 2.24) is 4.98 Å². The number of ketones is 1. The minimum absolute atomic E-state index is 0.0250. The highest BCUT2D eigenvalue weighted by molar-refractivity contribution is 6.34. The Bertz CT molecular complexity index is 668. The number of pyridine rings is 1. The standard InChI is InChI=1S/C14H9ClF3NO/c1-8-7-9(14(16,17)18)4-5-10(8)13(20)12-11(15)3-2-6-19-12/h2-7H,1H3. The molecule has 104 valence electrons. The van der Waals surface area contributed by atoms with Gasteiger partial charge in [-0.15, -0.1) is 0 Å². The normalized spacial score (nSPS) is 11.4. The summed E-state index contributed by atoms with van der Waals surface area (Å²) in [6.07, 6.45) is -3.03. The summed E-state index contributed by atoms with van der Waals surface area (Å²) in [4.78, 5) is 16.1. The second kappa shape index (κ2) is 5.25. The molecule has 0 aliphatic rings. The van der Waals surface area contributed by atoms with E-state index in [2.05, 4.69) is 4.98 Å². The fraction of sp³-hybridized carbons (Fsp3) is 0.143. The van der Waals surface area contributed by atoms with Gasteiger partial charge in [0.15, 0.2) is 0 Å². The van der Waals surface area contributed by atoms with Crippen molar-refractivity contribution >= 4 is 17.4 Å². The third-order valence-corrected chi connectivity index (χ3v) is 3.08. The van der Waals surface area contributed by atoms with Crippen LogP contribution in [-0.4, -0.2) is 10.8 Å². The highest BCUT2D eigenvalue weighted by Gasteiger charge is 2.31. The molecule has 20 heavy (non-hydrogen) atoms. The molecule has 0 fully saturated rings. The molecule has 0 bridgehead atoms. The Kier molecular flexibility index (Phi) is 3.81. The fourth-order valence-electron chi connectivity index (χ4n) is 1.78. The van der Waals surface area contributed by atoms with Gasteiger partial charge in [-0.3, -0.25) is 9.78 Å². The van der Waals surface area contributed by atoms with Crippen molar-refractivity contribution in [3.8, 4) is 0 Å². The van der Waals surface area contributed by atoms with Gasteiger partial charge in [-0.1, -0.05) is 17.7 Å². The topological polar surface area (TPSA) is 30.0 Å². The molecule has 1 aromatic carbocycles. The summed E-state index contributed by atoms with van der Waals surface area (Å²) in [6, 6.07) is 6.02. The van der Waals surface area contributed by atoms with Gasteiger partial charge in [0.2, 0.25) is 5.78 Å². The van der Waals surface area contributed by atoms with Crippen LogP contribution in [0, 0.1) is 6.92 Å². The predicted octanol–water partition coefficient (Wildman–Crippen LogP) is 4.29. The number of hydrogen-bond acceptors (Lipinski definition) is 2. The molecular formula is C14H9ClF3NO. The fourth-order valence-corrected chi connectivity index (χ4v) is 1.98. The molecule has 0 aliphatic heterocycles. The Hall–Kier alpha value is -1.88. The molecular weight excluding hydrogens is 291 g/mol. The molecule has 0 N–H and O–H groups in total. The van der Waals surface area contributed by atoms with Gasteiger partial charge >= 0.3 is 6.18 Å². The van der Waals surface area contributed by atoms with Crippen LogP contribution in [0.2, 0.25) is 5.02 Å². The first-order valence-corrected chi connectivity index (χ1v) is 6.01. The van der Waals surface area contributed by atoms with Crippen molar-refractivity contribution in [2.45, 2.75) is 13.1 Å². The number of alkyl halides is 3. The van der Waals surface area contributed by atoms with E-state index in [0.29, 0.717) is 0 Å². The smallest absolute Gasteiger partial charge is 0.287 e. The second-order valence-electron chi connectivity index (χ2n) is 4.19. The second-order valence-corrected chi connectivity index (χ2v) is 4.60. The maximum atomic E-state index is 12.6. The van der Waals surface area contributed by atoms with Gasteiger partial charge in [0.1, 0.15) is 5.69 Å². The van der Waals surface area contributed by atoms with Crippen LogP contribution in [0.3, 0.4) is 0 Å². The molecule has 0 unspecified atom stereocenters. The van der Waals surface area contributed by atoms with E-state index in [-0.39, 0.29) is 21.8 Å². The highest BCUT2D eigenvalue weighted by Crippen LogP contribution is 2.31.